The lowest BCUT2D eigenvalue weighted by atomic mass is 9.89. The SMILES string of the molecule is N#CC1=C(N)Oc2ccc(Cl)cc2[C@@H]1C[N+](=O)[O-]. The monoisotopic (exact) mass is 265 g/mol. The van der Waals surface area contributed by atoms with Gasteiger partial charge in [0, 0.05) is 15.5 Å². The van der Waals surface area contributed by atoms with Crippen LogP contribution in [0.15, 0.2) is 29.7 Å². The number of nitrogens with zero attached hydrogens (tertiary/aromatic N) is 2. The van der Waals surface area contributed by atoms with Gasteiger partial charge in [0.2, 0.25) is 12.4 Å². The average Bonchev–Trinajstić information content (AvgIpc) is 2.30. The molecule has 0 spiro atoms. The Kier molecular flexibility index (Phi) is 3.08. The molecule has 0 saturated carbocycles. The van der Waals surface area contributed by atoms with Crippen molar-refractivity contribution in [2.24, 2.45) is 5.73 Å². The Labute approximate surface area is 107 Å². The Bertz CT molecular complexity index is 592. The van der Waals surface area contributed by atoms with Crippen molar-refractivity contribution < 1.29 is 9.66 Å². The molecule has 0 fully saturated rings. The van der Waals surface area contributed by atoms with Crippen molar-refractivity contribution in [1.82, 2.24) is 0 Å². The van der Waals surface area contributed by atoms with Gasteiger partial charge in [-0.1, -0.05) is 11.6 Å². The maximum Gasteiger partial charge on any atom is 0.215 e. The molecule has 2 N–H and O–H groups in total. The van der Waals surface area contributed by atoms with Crippen LogP contribution in [0, 0.1) is 21.4 Å². The first-order valence-electron chi connectivity index (χ1n) is 5.01. The van der Waals surface area contributed by atoms with E-state index in [0.717, 1.165) is 0 Å². The van der Waals surface area contributed by atoms with Crippen molar-refractivity contribution >= 4 is 11.6 Å². The standard InChI is InChI=1S/C11H8ClN3O3/c12-6-1-2-10-7(3-6)9(5-15(16)17)8(4-13)11(14)18-10/h1-3,9H,5,14H2/t9-/m0/s1. The summed E-state index contributed by atoms with van der Waals surface area (Å²) < 4.78 is 5.26. The lowest BCUT2D eigenvalue weighted by Gasteiger charge is -2.23. The van der Waals surface area contributed by atoms with E-state index in [1.807, 2.05) is 6.07 Å². The zero-order valence-electron chi connectivity index (χ0n) is 9.09. The van der Waals surface area contributed by atoms with Crippen LogP contribution in [0.5, 0.6) is 5.75 Å². The van der Waals surface area contributed by atoms with E-state index < -0.39 is 17.4 Å². The molecule has 1 heterocycles. The predicted molar refractivity (Wildman–Crippen MR) is 63.5 cm³/mol. The number of halogens is 1. The van der Waals surface area contributed by atoms with Gasteiger partial charge < -0.3 is 10.5 Å². The fourth-order valence-corrected chi connectivity index (χ4v) is 2.04. The van der Waals surface area contributed by atoms with Gasteiger partial charge >= 0.3 is 0 Å². The van der Waals surface area contributed by atoms with Gasteiger partial charge in [0.05, 0.1) is 5.92 Å². The lowest BCUT2D eigenvalue weighted by Crippen LogP contribution is -2.24. The molecule has 0 amide bonds. The molecule has 18 heavy (non-hydrogen) atoms. The van der Waals surface area contributed by atoms with E-state index >= 15 is 0 Å². The largest absolute Gasteiger partial charge is 0.440 e. The number of fused-ring (bicyclic) bond motifs is 1. The Balaban J connectivity index is 2.55. The van der Waals surface area contributed by atoms with Gasteiger partial charge in [0.15, 0.2) is 0 Å². The molecule has 7 heteroatoms. The van der Waals surface area contributed by atoms with Gasteiger partial charge in [0.25, 0.3) is 0 Å². The molecule has 0 bridgehead atoms. The lowest BCUT2D eigenvalue weighted by molar-refractivity contribution is -0.482. The average molecular weight is 266 g/mol. The quantitative estimate of drug-likeness (QED) is 0.649. The fraction of sp³-hybridized carbons (Fsp3) is 0.182. The van der Waals surface area contributed by atoms with Crippen molar-refractivity contribution in [1.29, 1.82) is 5.26 Å². The van der Waals surface area contributed by atoms with Crippen molar-refractivity contribution in [3.8, 4) is 11.8 Å². The molecule has 0 aliphatic carbocycles. The van der Waals surface area contributed by atoms with E-state index in [0.29, 0.717) is 16.3 Å². The van der Waals surface area contributed by atoms with Crippen molar-refractivity contribution in [3.63, 3.8) is 0 Å². The van der Waals surface area contributed by atoms with E-state index in [4.69, 9.17) is 27.3 Å². The second kappa shape index (κ2) is 4.55. The number of hydrogen-bond donors (Lipinski definition) is 1. The highest BCUT2D eigenvalue weighted by molar-refractivity contribution is 6.30. The van der Waals surface area contributed by atoms with Crippen molar-refractivity contribution in [2.75, 3.05) is 6.54 Å². The first-order chi connectivity index (χ1) is 8.52. The van der Waals surface area contributed by atoms with E-state index in [1.54, 1.807) is 18.2 Å². The molecule has 6 nitrogen and oxygen atoms in total. The van der Waals surface area contributed by atoms with Crippen LogP contribution in [0.3, 0.4) is 0 Å². The number of nitro groups is 1. The highest BCUT2D eigenvalue weighted by Gasteiger charge is 2.32. The van der Waals surface area contributed by atoms with Crippen LogP contribution in [-0.4, -0.2) is 11.5 Å². The van der Waals surface area contributed by atoms with Gasteiger partial charge in [0.1, 0.15) is 17.4 Å². The molecule has 0 saturated heterocycles. The van der Waals surface area contributed by atoms with Crippen LogP contribution in [0.4, 0.5) is 0 Å². The summed E-state index contributed by atoms with van der Waals surface area (Å²) in [5.74, 6) is -0.436. The summed E-state index contributed by atoms with van der Waals surface area (Å²) in [6, 6.07) is 6.57. The highest BCUT2D eigenvalue weighted by Crippen LogP contribution is 2.39. The fourth-order valence-electron chi connectivity index (χ4n) is 1.86. The summed E-state index contributed by atoms with van der Waals surface area (Å²) in [5, 5.41) is 20.1. The van der Waals surface area contributed by atoms with Gasteiger partial charge in [-0.25, -0.2) is 0 Å². The Hall–Kier alpha value is -2.26. The van der Waals surface area contributed by atoms with E-state index in [1.165, 1.54) is 0 Å². The van der Waals surface area contributed by atoms with E-state index in [9.17, 15) is 10.1 Å². The Morgan fingerprint density at radius 1 is 1.61 bits per heavy atom. The van der Waals surface area contributed by atoms with Crippen LogP contribution in [-0.2, 0) is 0 Å². The number of nitrogens with two attached hydrogens (primary N) is 1. The Morgan fingerprint density at radius 2 is 2.33 bits per heavy atom. The third kappa shape index (κ3) is 2.08. The number of benzene rings is 1. The van der Waals surface area contributed by atoms with Crippen LogP contribution in [0.25, 0.3) is 0 Å². The maximum absolute atomic E-state index is 10.7. The minimum Gasteiger partial charge on any atom is -0.440 e. The zero-order chi connectivity index (χ0) is 13.3. The molecule has 1 aliphatic rings. The predicted octanol–water partition coefficient (Wildman–Crippen LogP) is 1.79. The topological polar surface area (TPSA) is 102 Å². The summed E-state index contributed by atoms with van der Waals surface area (Å²) in [7, 11) is 0. The van der Waals surface area contributed by atoms with Crippen molar-refractivity contribution in [2.45, 2.75) is 5.92 Å². The zero-order valence-corrected chi connectivity index (χ0v) is 9.85. The molecule has 1 atom stereocenters. The molecule has 1 aromatic carbocycles. The number of hydrogen-bond acceptors (Lipinski definition) is 5. The van der Waals surface area contributed by atoms with Gasteiger partial charge in [-0.05, 0) is 18.2 Å². The van der Waals surface area contributed by atoms with Gasteiger partial charge in [-0.3, -0.25) is 10.1 Å². The minimum atomic E-state index is -0.729. The molecule has 0 aromatic heterocycles. The summed E-state index contributed by atoms with van der Waals surface area (Å²) in [6.07, 6.45) is 0. The second-order valence-electron chi connectivity index (χ2n) is 3.74. The normalized spacial score (nSPS) is 17.7. The molecule has 1 aromatic rings. The highest BCUT2D eigenvalue weighted by atomic mass is 35.5. The number of ether oxygens (including phenoxy) is 1. The van der Waals surface area contributed by atoms with Crippen molar-refractivity contribution in [3.05, 3.63) is 50.4 Å². The third-order valence-electron chi connectivity index (χ3n) is 2.63. The minimum absolute atomic E-state index is 0.0569. The van der Waals surface area contributed by atoms with Gasteiger partial charge in [-0.15, -0.1) is 0 Å². The van der Waals surface area contributed by atoms with Crippen LogP contribution in [0.1, 0.15) is 11.5 Å². The molecule has 2 rings (SSSR count). The molecule has 92 valence electrons. The number of rotatable bonds is 2. The summed E-state index contributed by atoms with van der Waals surface area (Å²) in [6.45, 7) is -0.430. The van der Waals surface area contributed by atoms with Crippen LogP contribution < -0.4 is 10.5 Å². The van der Waals surface area contributed by atoms with Gasteiger partial charge in [-0.2, -0.15) is 5.26 Å². The van der Waals surface area contributed by atoms with Crippen LogP contribution in [0.2, 0.25) is 5.02 Å². The molecule has 1 aliphatic heterocycles. The van der Waals surface area contributed by atoms with E-state index in [2.05, 4.69) is 0 Å². The first-order valence-corrected chi connectivity index (χ1v) is 5.39. The molecular weight excluding hydrogens is 258 g/mol. The summed E-state index contributed by atoms with van der Waals surface area (Å²) >= 11 is 5.85. The third-order valence-corrected chi connectivity index (χ3v) is 2.87. The summed E-state index contributed by atoms with van der Waals surface area (Å²) in [5.41, 5.74) is 6.15. The van der Waals surface area contributed by atoms with Crippen LogP contribution >= 0.6 is 11.6 Å². The second-order valence-corrected chi connectivity index (χ2v) is 4.18. The molecule has 0 radical (unpaired) electrons. The number of nitriles is 1. The Morgan fingerprint density at radius 3 is 2.94 bits per heavy atom. The molecular formula is C11H8ClN3O3. The van der Waals surface area contributed by atoms with E-state index in [-0.39, 0.29) is 11.5 Å². The smallest absolute Gasteiger partial charge is 0.215 e. The molecule has 0 unspecified atom stereocenters. The first kappa shape index (κ1) is 12.2. The summed E-state index contributed by atoms with van der Waals surface area (Å²) in [4.78, 5) is 10.2. The maximum atomic E-state index is 10.7.